The summed E-state index contributed by atoms with van der Waals surface area (Å²) in [6.07, 6.45) is 0. The van der Waals surface area contributed by atoms with Gasteiger partial charge in [0.05, 0.1) is 0 Å². The van der Waals surface area contributed by atoms with Crippen LogP contribution in [0.5, 0.6) is 0 Å². The van der Waals surface area contributed by atoms with Crippen LogP contribution in [-0.4, -0.2) is 13.1 Å². The number of hydrogen-bond donors (Lipinski definition) is 0. The smallest absolute Gasteiger partial charge is 0.301 e. The lowest BCUT2D eigenvalue weighted by Crippen LogP contribution is -2.42. The highest BCUT2D eigenvalue weighted by molar-refractivity contribution is 6.78. The fourth-order valence-corrected chi connectivity index (χ4v) is 2.08. The zero-order valence-electron chi connectivity index (χ0n) is 9.42. The number of halogens is 2. The third-order valence-corrected chi connectivity index (χ3v) is 4.60. The minimum atomic E-state index is -2.94. The van der Waals surface area contributed by atoms with Gasteiger partial charge in [0.25, 0.3) is 5.89 Å². The van der Waals surface area contributed by atoms with E-state index in [4.69, 9.17) is 4.42 Å². The number of para-hydroxylation sites is 2. The topological polar surface area (TPSA) is 26.0 Å². The number of hydrogen-bond acceptors (Lipinski definition) is 2. The second kappa shape index (κ2) is 3.38. The van der Waals surface area contributed by atoms with Crippen molar-refractivity contribution in [1.82, 2.24) is 4.98 Å². The number of rotatable bonds is 2. The van der Waals surface area contributed by atoms with Gasteiger partial charge in [-0.25, -0.2) is 13.8 Å². The molecule has 0 N–H and O–H groups in total. The maximum absolute atomic E-state index is 14.0. The van der Waals surface area contributed by atoms with Gasteiger partial charge in [-0.1, -0.05) is 31.8 Å². The molecule has 2 nitrogen and oxygen atoms in total. The molecule has 0 fully saturated rings. The Morgan fingerprint density at radius 2 is 1.81 bits per heavy atom. The number of benzene rings is 1. The van der Waals surface area contributed by atoms with Crippen molar-refractivity contribution in [3.63, 3.8) is 0 Å². The molecule has 0 unspecified atom stereocenters. The molecule has 0 atom stereocenters. The summed E-state index contributed by atoms with van der Waals surface area (Å²) in [4.78, 5) is 3.87. The molecule has 0 aliphatic heterocycles. The fraction of sp³-hybridized carbons (Fsp3) is 0.364. The Bertz CT molecular complexity index is 483. The SMILES string of the molecule is C[Si](C)(C)C(F)(F)c1nc2ccccc2o1. The highest BCUT2D eigenvalue weighted by Gasteiger charge is 2.50. The van der Waals surface area contributed by atoms with Gasteiger partial charge in [0.15, 0.2) is 5.58 Å². The molecule has 0 amide bonds. The van der Waals surface area contributed by atoms with Crippen LogP contribution in [0, 0.1) is 0 Å². The van der Waals surface area contributed by atoms with Gasteiger partial charge >= 0.3 is 5.55 Å². The minimum Gasteiger partial charge on any atom is -0.435 e. The zero-order valence-corrected chi connectivity index (χ0v) is 10.4. The Balaban J connectivity index is 2.56. The van der Waals surface area contributed by atoms with Crippen LogP contribution in [0.1, 0.15) is 5.89 Å². The first kappa shape index (κ1) is 11.3. The molecule has 0 aliphatic rings. The molecule has 5 heteroatoms. The first-order valence-corrected chi connectivity index (χ1v) is 8.56. The lowest BCUT2D eigenvalue weighted by Gasteiger charge is -2.24. The van der Waals surface area contributed by atoms with Crippen molar-refractivity contribution in [3.8, 4) is 0 Å². The molecule has 0 saturated carbocycles. The van der Waals surface area contributed by atoms with Crippen LogP contribution in [0.2, 0.25) is 19.6 Å². The number of oxazole rings is 1. The third kappa shape index (κ3) is 1.65. The number of nitrogens with zero attached hydrogens (tertiary/aromatic N) is 1. The predicted molar refractivity (Wildman–Crippen MR) is 61.2 cm³/mol. The number of alkyl halides is 2. The van der Waals surface area contributed by atoms with Crippen LogP contribution in [-0.2, 0) is 5.55 Å². The number of aromatic nitrogens is 1. The molecule has 86 valence electrons. The van der Waals surface area contributed by atoms with Crippen molar-refractivity contribution in [2.24, 2.45) is 0 Å². The summed E-state index contributed by atoms with van der Waals surface area (Å²) in [5.41, 5.74) is -2.04. The van der Waals surface area contributed by atoms with Gasteiger partial charge in [-0.15, -0.1) is 0 Å². The van der Waals surface area contributed by atoms with Gasteiger partial charge in [0.2, 0.25) is 0 Å². The van der Waals surface area contributed by atoms with Crippen molar-refractivity contribution in [3.05, 3.63) is 30.2 Å². The van der Waals surface area contributed by atoms with E-state index in [1.54, 1.807) is 43.9 Å². The monoisotopic (exact) mass is 241 g/mol. The Kier molecular flexibility index (Phi) is 2.38. The molecule has 1 aromatic heterocycles. The molecule has 16 heavy (non-hydrogen) atoms. The van der Waals surface area contributed by atoms with Crippen LogP contribution in [0.3, 0.4) is 0 Å². The maximum Gasteiger partial charge on any atom is 0.301 e. The standard InChI is InChI=1S/C11H13F2NOSi/c1-16(2,3)11(12,13)10-14-8-6-4-5-7-9(8)15-10/h4-7H,1-3H3. The van der Waals surface area contributed by atoms with E-state index in [0.717, 1.165) is 0 Å². The van der Waals surface area contributed by atoms with Crippen LogP contribution >= 0.6 is 0 Å². The Labute approximate surface area is 93.3 Å². The summed E-state index contributed by atoms with van der Waals surface area (Å²) in [6, 6.07) is 6.81. The number of fused-ring (bicyclic) bond motifs is 1. The molecule has 0 bridgehead atoms. The molecule has 1 aromatic carbocycles. The molecule has 0 radical (unpaired) electrons. The van der Waals surface area contributed by atoms with E-state index in [0.29, 0.717) is 11.1 Å². The molecule has 1 heterocycles. The lowest BCUT2D eigenvalue weighted by atomic mass is 10.3. The van der Waals surface area contributed by atoms with Gasteiger partial charge in [0, 0.05) is 0 Å². The molecule has 0 spiro atoms. The van der Waals surface area contributed by atoms with E-state index >= 15 is 0 Å². The molecule has 0 saturated heterocycles. The summed E-state index contributed by atoms with van der Waals surface area (Å²) >= 11 is 0. The molecule has 2 rings (SSSR count). The quantitative estimate of drug-likeness (QED) is 0.747. The maximum atomic E-state index is 14.0. The van der Waals surface area contributed by atoms with Crippen LogP contribution in [0.15, 0.2) is 28.7 Å². The van der Waals surface area contributed by atoms with Crippen molar-refractivity contribution in [2.75, 3.05) is 0 Å². The Hall–Kier alpha value is -1.23. The Morgan fingerprint density at radius 3 is 2.38 bits per heavy atom. The largest absolute Gasteiger partial charge is 0.435 e. The van der Waals surface area contributed by atoms with Gasteiger partial charge in [0.1, 0.15) is 13.6 Å². The first-order valence-electron chi connectivity index (χ1n) is 5.06. The minimum absolute atomic E-state index is 0.412. The van der Waals surface area contributed by atoms with E-state index in [1.807, 2.05) is 0 Å². The van der Waals surface area contributed by atoms with Crippen LogP contribution < -0.4 is 0 Å². The normalized spacial score (nSPS) is 13.3. The average molecular weight is 241 g/mol. The summed E-state index contributed by atoms with van der Waals surface area (Å²) in [6.45, 7) is 4.80. The van der Waals surface area contributed by atoms with Crippen molar-refractivity contribution >= 4 is 19.2 Å². The predicted octanol–water partition coefficient (Wildman–Crippen LogP) is 3.80. The molecule has 0 aliphatic carbocycles. The van der Waals surface area contributed by atoms with Crippen LogP contribution in [0.4, 0.5) is 8.78 Å². The molecular weight excluding hydrogens is 228 g/mol. The van der Waals surface area contributed by atoms with Gasteiger partial charge < -0.3 is 4.42 Å². The molecular formula is C11H13F2NOSi. The fourth-order valence-electron chi connectivity index (χ4n) is 1.33. The lowest BCUT2D eigenvalue weighted by molar-refractivity contribution is 0.0495. The van der Waals surface area contributed by atoms with E-state index in [-0.39, 0.29) is 0 Å². The van der Waals surface area contributed by atoms with E-state index in [9.17, 15) is 8.78 Å². The second-order valence-corrected chi connectivity index (χ2v) is 9.94. The summed E-state index contributed by atoms with van der Waals surface area (Å²) in [5, 5.41) is 0. The first-order chi connectivity index (χ1) is 7.32. The van der Waals surface area contributed by atoms with Crippen molar-refractivity contribution in [1.29, 1.82) is 0 Å². The van der Waals surface area contributed by atoms with Crippen molar-refractivity contribution < 1.29 is 13.2 Å². The summed E-state index contributed by atoms with van der Waals surface area (Å²) < 4.78 is 33.1. The Morgan fingerprint density at radius 1 is 1.19 bits per heavy atom. The van der Waals surface area contributed by atoms with Crippen LogP contribution in [0.25, 0.3) is 11.1 Å². The van der Waals surface area contributed by atoms with E-state index in [1.165, 1.54) is 0 Å². The highest BCUT2D eigenvalue weighted by atomic mass is 28.3. The van der Waals surface area contributed by atoms with Crippen molar-refractivity contribution in [2.45, 2.75) is 25.2 Å². The van der Waals surface area contributed by atoms with E-state index in [2.05, 4.69) is 4.98 Å². The van der Waals surface area contributed by atoms with Gasteiger partial charge in [-0.3, -0.25) is 0 Å². The van der Waals surface area contributed by atoms with Gasteiger partial charge in [-0.2, -0.15) is 0 Å². The van der Waals surface area contributed by atoms with Gasteiger partial charge in [-0.05, 0) is 12.1 Å². The highest BCUT2D eigenvalue weighted by Crippen LogP contribution is 2.38. The summed E-state index contributed by atoms with van der Waals surface area (Å²) in [5.74, 6) is -0.451. The van der Waals surface area contributed by atoms with E-state index < -0.39 is 19.5 Å². The molecule has 2 aromatic rings. The third-order valence-electron chi connectivity index (χ3n) is 2.50. The summed E-state index contributed by atoms with van der Waals surface area (Å²) in [7, 11) is -2.68. The average Bonchev–Trinajstić information content (AvgIpc) is 2.59. The zero-order chi connectivity index (χ0) is 12.0. The second-order valence-electron chi connectivity index (χ2n) is 4.81.